The summed E-state index contributed by atoms with van der Waals surface area (Å²) in [6, 6.07) is 0.628. The number of aryl methyl sites for hydroxylation is 1. The summed E-state index contributed by atoms with van der Waals surface area (Å²) in [5.41, 5.74) is 0. The summed E-state index contributed by atoms with van der Waals surface area (Å²) in [5.74, 6) is -1.36. The monoisotopic (exact) mass is 298 g/mol. The summed E-state index contributed by atoms with van der Waals surface area (Å²) in [7, 11) is 0. The number of nitrogens with one attached hydrogen (secondary N) is 2. The van der Waals surface area contributed by atoms with E-state index in [9.17, 15) is 8.78 Å². The van der Waals surface area contributed by atoms with E-state index in [0.29, 0.717) is 6.54 Å². The molecule has 2 rings (SSSR count). The summed E-state index contributed by atoms with van der Waals surface area (Å²) in [6.07, 6.45) is 1.76. The van der Waals surface area contributed by atoms with Gasteiger partial charge in [-0.1, -0.05) is 0 Å². The minimum absolute atomic E-state index is 0.0164. The van der Waals surface area contributed by atoms with Crippen LogP contribution >= 0.6 is 11.3 Å². The Morgan fingerprint density at radius 1 is 1.30 bits per heavy atom. The zero-order chi connectivity index (χ0) is 14.7. The van der Waals surface area contributed by atoms with Crippen molar-refractivity contribution in [3.05, 3.63) is 33.8 Å². The van der Waals surface area contributed by atoms with Crippen LogP contribution in [0, 0.1) is 18.6 Å². The van der Waals surface area contributed by atoms with Gasteiger partial charge in [0.05, 0.1) is 6.04 Å². The van der Waals surface area contributed by atoms with Crippen molar-refractivity contribution in [1.29, 1.82) is 0 Å². The average molecular weight is 298 g/mol. The minimum Gasteiger partial charge on any atom is -0.368 e. The fourth-order valence-electron chi connectivity index (χ4n) is 1.70. The molecular formula is C13H16F2N4S. The van der Waals surface area contributed by atoms with Gasteiger partial charge in [-0.3, -0.25) is 0 Å². The minimum atomic E-state index is -0.718. The van der Waals surface area contributed by atoms with E-state index in [1.165, 1.54) is 11.3 Å². The zero-order valence-electron chi connectivity index (χ0n) is 11.5. The van der Waals surface area contributed by atoms with E-state index >= 15 is 0 Å². The molecular weight excluding hydrogens is 282 g/mol. The first kappa shape index (κ1) is 14.6. The normalized spacial score (nSPS) is 12.2. The maximum atomic E-state index is 13.7. The second-order valence-corrected chi connectivity index (χ2v) is 5.62. The number of hydrogen-bond donors (Lipinski definition) is 2. The zero-order valence-corrected chi connectivity index (χ0v) is 12.3. The lowest BCUT2D eigenvalue weighted by Gasteiger charge is -2.14. The second-order valence-electron chi connectivity index (χ2n) is 4.35. The van der Waals surface area contributed by atoms with Crippen molar-refractivity contribution in [1.82, 2.24) is 9.97 Å². The third-order valence-electron chi connectivity index (χ3n) is 2.64. The summed E-state index contributed by atoms with van der Waals surface area (Å²) in [4.78, 5) is 9.25. The SMILES string of the molecule is CCNc1nc(NC(C)c2ncc(C)s2)c(F)cc1F. The fourth-order valence-corrected chi connectivity index (χ4v) is 2.47. The number of rotatable bonds is 5. The Morgan fingerprint density at radius 2 is 2.00 bits per heavy atom. The number of nitrogens with zero attached hydrogens (tertiary/aromatic N) is 2. The summed E-state index contributed by atoms with van der Waals surface area (Å²) in [5, 5.41) is 6.51. The van der Waals surface area contributed by atoms with Gasteiger partial charge in [-0.25, -0.2) is 18.7 Å². The van der Waals surface area contributed by atoms with Gasteiger partial charge < -0.3 is 10.6 Å². The Morgan fingerprint density at radius 3 is 2.60 bits per heavy atom. The predicted octanol–water partition coefficient (Wildman–Crippen LogP) is 3.73. The van der Waals surface area contributed by atoms with Crippen LogP contribution in [0.1, 0.15) is 29.8 Å². The maximum Gasteiger partial charge on any atom is 0.168 e. The van der Waals surface area contributed by atoms with Crippen LogP contribution in [0.2, 0.25) is 0 Å². The van der Waals surface area contributed by atoms with Crippen molar-refractivity contribution in [2.75, 3.05) is 17.2 Å². The highest BCUT2D eigenvalue weighted by molar-refractivity contribution is 7.11. The van der Waals surface area contributed by atoms with Gasteiger partial charge in [-0.05, 0) is 20.8 Å². The summed E-state index contributed by atoms with van der Waals surface area (Å²) in [6.45, 7) is 6.14. The third kappa shape index (κ3) is 3.22. The van der Waals surface area contributed by atoms with Gasteiger partial charge in [0.15, 0.2) is 23.3 Å². The molecule has 0 aromatic carbocycles. The van der Waals surface area contributed by atoms with Gasteiger partial charge in [-0.2, -0.15) is 0 Å². The van der Waals surface area contributed by atoms with Crippen LogP contribution in [0.3, 0.4) is 0 Å². The molecule has 0 aliphatic carbocycles. The molecule has 1 unspecified atom stereocenters. The van der Waals surface area contributed by atoms with E-state index in [-0.39, 0.29) is 17.7 Å². The lowest BCUT2D eigenvalue weighted by atomic mass is 10.3. The number of pyridine rings is 1. The molecule has 0 spiro atoms. The number of halogens is 2. The predicted molar refractivity (Wildman–Crippen MR) is 77.2 cm³/mol. The van der Waals surface area contributed by atoms with Crippen LogP contribution in [0.15, 0.2) is 12.3 Å². The third-order valence-corrected chi connectivity index (χ3v) is 3.73. The molecule has 4 nitrogen and oxygen atoms in total. The number of anilines is 2. The number of aromatic nitrogens is 2. The van der Waals surface area contributed by atoms with Gasteiger partial charge in [0.25, 0.3) is 0 Å². The van der Waals surface area contributed by atoms with Crippen LogP contribution in [-0.4, -0.2) is 16.5 Å². The Balaban J connectivity index is 2.22. The Labute approximate surface area is 120 Å². The summed E-state index contributed by atoms with van der Waals surface area (Å²) >= 11 is 1.53. The first-order chi connectivity index (χ1) is 9.51. The lowest BCUT2D eigenvalue weighted by molar-refractivity contribution is 0.576. The molecule has 0 saturated heterocycles. The molecule has 1 atom stereocenters. The van der Waals surface area contributed by atoms with Crippen molar-refractivity contribution in [3.63, 3.8) is 0 Å². The van der Waals surface area contributed by atoms with Crippen LogP contribution in [-0.2, 0) is 0 Å². The van der Waals surface area contributed by atoms with E-state index in [4.69, 9.17) is 0 Å². The summed E-state index contributed by atoms with van der Waals surface area (Å²) < 4.78 is 27.2. The average Bonchev–Trinajstić information content (AvgIpc) is 2.82. The van der Waals surface area contributed by atoms with Crippen molar-refractivity contribution in [2.45, 2.75) is 26.8 Å². The Bertz CT molecular complexity index is 600. The molecule has 0 fully saturated rings. The van der Waals surface area contributed by atoms with Crippen LogP contribution < -0.4 is 10.6 Å². The second kappa shape index (κ2) is 6.13. The van der Waals surface area contributed by atoms with Crippen LogP contribution in [0.4, 0.5) is 20.4 Å². The van der Waals surface area contributed by atoms with E-state index in [1.54, 1.807) is 6.20 Å². The molecule has 2 aromatic heterocycles. The molecule has 2 aromatic rings. The molecule has 0 radical (unpaired) electrons. The first-order valence-electron chi connectivity index (χ1n) is 6.30. The van der Waals surface area contributed by atoms with Crippen molar-refractivity contribution in [2.24, 2.45) is 0 Å². The van der Waals surface area contributed by atoms with Gasteiger partial charge in [-0.15, -0.1) is 11.3 Å². The fraction of sp³-hybridized carbons (Fsp3) is 0.385. The van der Waals surface area contributed by atoms with Gasteiger partial charge in [0.2, 0.25) is 0 Å². The first-order valence-corrected chi connectivity index (χ1v) is 7.11. The lowest BCUT2D eigenvalue weighted by Crippen LogP contribution is -2.12. The van der Waals surface area contributed by atoms with E-state index in [0.717, 1.165) is 16.0 Å². The molecule has 0 bridgehead atoms. The Hall–Kier alpha value is -1.76. The molecule has 0 saturated carbocycles. The van der Waals surface area contributed by atoms with Crippen molar-refractivity contribution in [3.8, 4) is 0 Å². The largest absolute Gasteiger partial charge is 0.368 e. The van der Waals surface area contributed by atoms with E-state index < -0.39 is 11.6 Å². The van der Waals surface area contributed by atoms with Gasteiger partial charge in [0, 0.05) is 23.7 Å². The van der Waals surface area contributed by atoms with E-state index in [1.807, 2.05) is 20.8 Å². The molecule has 2 heterocycles. The van der Waals surface area contributed by atoms with E-state index in [2.05, 4.69) is 20.6 Å². The molecule has 0 amide bonds. The molecule has 7 heteroatoms. The standard InChI is InChI=1S/C13H16F2N4S/c1-4-16-11-9(14)5-10(15)12(19-11)18-8(3)13-17-6-7(2)20-13/h5-6,8H,4H2,1-3H3,(H2,16,18,19). The Kier molecular flexibility index (Phi) is 4.49. The van der Waals surface area contributed by atoms with Crippen LogP contribution in [0.25, 0.3) is 0 Å². The molecule has 0 aliphatic heterocycles. The molecule has 20 heavy (non-hydrogen) atoms. The number of thiazole rings is 1. The number of hydrogen-bond acceptors (Lipinski definition) is 5. The van der Waals surface area contributed by atoms with Gasteiger partial charge in [0.1, 0.15) is 5.01 Å². The quantitative estimate of drug-likeness (QED) is 0.883. The maximum absolute atomic E-state index is 13.7. The highest BCUT2D eigenvalue weighted by Gasteiger charge is 2.15. The molecule has 0 aliphatic rings. The smallest absolute Gasteiger partial charge is 0.168 e. The van der Waals surface area contributed by atoms with Crippen LogP contribution in [0.5, 0.6) is 0 Å². The highest BCUT2D eigenvalue weighted by atomic mass is 32.1. The molecule has 108 valence electrons. The highest BCUT2D eigenvalue weighted by Crippen LogP contribution is 2.25. The van der Waals surface area contributed by atoms with Crippen molar-refractivity contribution < 1.29 is 8.78 Å². The topological polar surface area (TPSA) is 49.8 Å². The van der Waals surface area contributed by atoms with Crippen molar-refractivity contribution >= 4 is 23.0 Å². The van der Waals surface area contributed by atoms with Gasteiger partial charge >= 0.3 is 0 Å². The molecule has 2 N–H and O–H groups in total.